The molecule has 2 rings (SSSR count). The van der Waals surface area contributed by atoms with E-state index in [1.807, 2.05) is 6.92 Å². The summed E-state index contributed by atoms with van der Waals surface area (Å²) >= 11 is 0. The molecule has 2 N–H and O–H groups in total. The second-order valence-corrected chi connectivity index (χ2v) is 6.37. The molecule has 0 radical (unpaired) electrons. The summed E-state index contributed by atoms with van der Waals surface area (Å²) in [6.45, 7) is 1.85. The number of hydrogen-bond donors (Lipinski definition) is 2. The van der Waals surface area contributed by atoms with Gasteiger partial charge in [-0.3, -0.25) is 4.79 Å². The van der Waals surface area contributed by atoms with Gasteiger partial charge in [-0.05, 0) is 31.2 Å². The summed E-state index contributed by atoms with van der Waals surface area (Å²) in [4.78, 5) is 12.3. The lowest BCUT2D eigenvalue weighted by Crippen LogP contribution is -2.18. The van der Waals surface area contributed by atoms with Gasteiger partial charge >= 0.3 is 10.1 Å². The van der Waals surface area contributed by atoms with Crippen molar-refractivity contribution in [3.8, 4) is 5.75 Å². The third-order valence-corrected chi connectivity index (χ3v) is 4.27. The van der Waals surface area contributed by atoms with Crippen molar-refractivity contribution in [3.05, 3.63) is 64.3 Å². The molecular formula is C16H17NO5S. The lowest BCUT2D eigenvalue weighted by Gasteiger charge is -2.06. The van der Waals surface area contributed by atoms with Crippen LogP contribution in [0.3, 0.4) is 0 Å². The van der Waals surface area contributed by atoms with E-state index in [-0.39, 0.29) is 29.5 Å². The molecule has 0 aromatic heterocycles. The third kappa shape index (κ3) is 4.30. The van der Waals surface area contributed by atoms with Gasteiger partial charge in [-0.2, -0.15) is 8.42 Å². The zero-order valence-corrected chi connectivity index (χ0v) is 13.3. The van der Waals surface area contributed by atoms with Crippen molar-refractivity contribution in [3.63, 3.8) is 0 Å². The first kappa shape index (κ1) is 17.0. The summed E-state index contributed by atoms with van der Waals surface area (Å²) < 4.78 is 29.5. The molecule has 7 heteroatoms. The Morgan fingerprint density at radius 3 is 2.39 bits per heavy atom. The van der Waals surface area contributed by atoms with Gasteiger partial charge in [0.2, 0.25) is 5.43 Å². The van der Waals surface area contributed by atoms with Crippen LogP contribution >= 0.6 is 0 Å². The smallest absolute Gasteiger partial charge is 0.339 e. The van der Waals surface area contributed by atoms with Crippen molar-refractivity contribution in [1.29, 1.82) is 0 Å². The lowest BCUT2D eigenvalue weighted by molar-refractivity contribution is 0.311. The van der Waals surface area contributed by atoms with Crippen molar-refractivity contribution in [2.24, 2.45) is 0 Å². The number of aliphatic hydroxyl groups excluding tert-OH is 1. The average Bonchev–Trinajstić information content (AvgIpc) is 2.68. The van der Waals surface area contributed by atoms with Crippen LogP contribution in [0.2, 0.25) is 0 Å². The van der Waals surface area contributed by atoms with Gasteiger partial charge in [-0.15, -0.1) is 0 Å². The van der Waals surface area contributed by atoms with Gasteiger partial charge in [0.1, 0.15) is 4.90 Å². The van der Waals surface area contributed by atoms with Crippen LogP contribution in [0.5, 0.6) is 5.75 Å². The molecule has 0 saturated carbocycles. The Kier molecular flexibility index (Phi) is 5.36. The fourth-order valence-corrected chi connectivity index (χ4v) is 2.78. The summed E-state index contributed by atoms with van der Waals surface area (Å²) in [6, 6.07) is 12.0. The van der Waals surface area contributed by atoms with Crippen LogP contribution in [0.15, 0.2) is 58.2 Å². The van der Waals surface area contributed by atoms with Crippen LogP contribution in [0.4, 0.5) is 5.69 Å². The normalized spacial score (nSPS) is 11.0. The highest BCUT2D eigenvalue weighted by Crippen LogP contribution is 2.17. The minimum atomic E-state index is -4.10. The summed E-state index contributed by atoms with van der Waals surface area (Å²) in [5, 5.41) is 11.5. The Hall–Kier alpha value is -2.38. The van der Waals surface area contributed by atoms with E-state index in [1.165, 1.54) is 30.3 Å². The maximum atomic E-state index is 12.3. The maximum Gasteiger partial charge on any atom is 0.339 e. The van der Waals surface area contributed by atoms with E-state index in [0.717, 1.165) is 5.56 Å². The largest absolute Gasteiger partial charge is 0.395 e. The molecule has 23 heavy (non-hydrogen) atoms. The number of benzene rings is 1. The quantitative estimate of drug-likeness (QED) is 0.778. The van der Waals surface area contributed by atoms with Gasteiger partial charge in [0, 0.05) is 6.54 Å². The molecule has 0 aliphatic rings. The summed E-state index contributed by atoms with van der Waals surface area (Å²) in [7, 11) is -4.10. The SMILES string of the molecule is Cc1ccc(S(=O)(=O)Oc2ccccc(NCCO)c2=O)cc1. The van der Waals surface area contributed by atoms with E-state index >= 15 is 0 Å². The molecule has 0 saturated heterocycles. The molecule has 2 aromatic carbocycles. The van der Waals surface area contributed by atoms with Crippen LogP contribution < -0.4 is 14.9 Å². The Morgan fingerprint density at radius 1 is 1.09 bits per heavy atom. The second kappa shape index (κ2) is 7.26. The molecule has 0 aliphatic carbocycles. The van der Waals surface area contributed by atoms with Gasteiger partial charge in [0.05, 0.1) is 12.3 Å². The number of aliphatic hydroxyl groups is 1. The molecule has 0 atom stereocenters. The fraction of sp³-hybridized carbons (Fsp3) is 0.188. The first-order chi connectivity index (χ1) is 10.9. The third-order valence-electron chi connectivity index (χ3n) is 3.03. The molecule has 0 heterocycles. The second-order valence-electron chi connectivity index (χ2n) is 4.83. The van der Waals surface area contributed by atoms with E-state index in [4.69, 9.17) is 9.29 Å². The molecule has 0 aliphatic heterocycles. The minimum Gasteiger partial charge on any atom is -0.395 e. The van der Waals surface area contributed by atoms with Gasteiger partial charge in [-0.1, -0.05) is 29.8 Å². The average molecular weight is 335 g/mol. The Morgan fingerprint density at radius 2 is 1.74 bits per heavy atom. The molecule has 0 fully saturated rings. The molecule has 6 nitrogen and oxygen atoms in total. The molecule has 0 amide bonds. The van der Waals surface area contributed by atoms with Crippen molar-refractivity contribution in [2.75, 3.05) is 18.5 Å². The Bertz CT molecular complexity index is 832. The molecule has 0 spiro atoms. The van der Waals surface area contributed by atoms with E-state index in [0.29, 0.717) is 0 Å². The van der Waals surface area contributed by atoms with Gasteiger partial charge in [0.15, 0.2) is 5.75 Å². The highest BCUT2D eigenvalue weighted by atomic mass is 32.2. The van der Waals surface area contributed by atoms with Crippen molar-refractivity contribution in [1.82, 2.24) is 0 Å². The van der Waals surface area contributed by atoms with Crippen molar-refractivity contribution in [2.45, 2.75) is 11.8 Å². The predicted molar refractivity (Wildman–Crippen MR) is 87.3 cm³/mol. The monoisotopic (exact) mass is 335 g/mol. The molecule has 2 aromatic rings. The first-order valence-electron chi connectivity index (χ1n) is 6.93. The lowest BCUT2D eigenvalue weighted by atomic mass is 10.2. The maximum absolute atomic E-state index is 12.3. The fourth-order valence-electron chi connectivity index (χ4n) is 1.85. The zero-order chi connectivity index (χ0) is 16.9. The molecular weight excluding hydrogens is 318 g/mol. The van der Waals surface area contributed by atoms with Crippen LogP contribution in [0.25, 0.3) is 0 Å². The van der Waals surface area contributed by atoms with Crippen LogP contribution in [0, 0.1) is 6.92 Å². The van der Waals surface area contributed by atoms with Crippen molar-refractivity contribution < 1.29 is 17.7 Å². The highest BCUT2D eigenvalue weighted by molar-refractivity contribution is 7.87. The number of anilines is 1. The topological polar surface area (TPSA) is 92.7 Å². The number of rotatable bonds is 6. The van der Waals surface area contributed by atoms with Crippen LogP contribution in [0.1, 0.15) is 5.56 Å². The van der Waals surface area contributed by atoms with Gasteiger partial charge < -0.3 is 14.6 Å². The standard InChI is InChI=1S/C16H17NO5S/c1-12-6-8-13(9-7-12)23(20,21)22-15-5-3-2-4-14(16(15)19)17-10-11-18/h2-9,18H,10-11H2,1H3,(H,17,19). The van der Waals surface area contributed by atoms with E-state index in [1.54, 1.807) is 18.2 Å². The van der Waals surface area contributed by atoms with E-state index < -0.39 is 15.5 Å². The van der Waals surface area contributed by atoms with E-state index in [9.17, 15) is 13.2 Å². The summed E-state index contributed by atoms with van der Waals surface area (Å²) in [6.07, 6.45) is 0. The number of aryl methyl sites for hydroxylation is 1. The van der Waals surface area contributed by atoms with E-state index in [2.05, 4.69) is 5.32 Å². The van der Waals surface area contributed by atoms with Crippen LogP contribution in [-0.2, 0) is 10.1 Å². The van der Waals surface area contributed by atoms with Crippen molar-refractivity contribution >= 4 is 15.8 Å². The number of hydrogen-bond acceptors (Lipinski definition) is 6. The van der Waals surface area contributed by atoms with Gasteiger partial charge in [-0.25, -0.2) is 0 Å². The first-order valence-corrected chi connectivity index (χ1v) is 8.34. The predicted octanol–water partition coefficient (Wildman–Crippen LogP) is 1.53. The Balaban J connectivity index is 2.38. The van der Waals surface area contributed by atoms with Gasteiger partial charge in [0.25, 0.3) is 0 Å². The Labute approximate surface area is 134 Å². The molecule has 0 unspecified atom stereocenters. The highest BCUT2D eigenvalue weighted by Gasteiger charge is 2.18. The summed E-state index contributed by atoms with van der Waals surface area (Å²) in [5.41, 5.74) is 0.465. The molecule has 122 valence electrons. The number of nitrogens with one attached hydrogen (secondary N) is 1. The van der Waals surface area contributed by atoms with Crippen LogP contribution in [-0.4, -0.2) is 26.7 Å². The minimum absolute atomic E-state index is 0.0288. The summed E-state index contributed by atoms with van der Waals surface area (Å²) in [5.74, 6) is -0.309. The zero-order valence-electron chi connectivity index (χ0n) is 12.5. The molecule has 0 bridgehead atoms.